The van der Waals surface area contributed by atoms with E-state index in [9.17, 15) is 9.59 Å². The number of rotatable bonds is 12. The maximum Gasteiger partial charge on any atom is 0.412 e. The van der Waals surface area contributed by atoms with E-state index in [-0.39, 0.29) is 18.0 Å². The highest BCUT2D eigenvalue weighted by Crippen LogP contribution is 2.39. The second kappa shape index (κ2) is 13.4. The molecule has 33 heavy (non-hydrogen) atoms. The Morgan fingerprint density at radius 2 is 1.97 bits per heavy atom. The molecule has 1 aliphatic carbocycles. The van der Waals surface area contributed by atoms with Gasteiger partial charge in [0, 0.05) is 13.1 Å². The number of carbonyl (C=O) groups excluding carboxylic acids is 2. The molecule has 1 aliphatic rings. The summed E-state index contributed by atoms with van der Waals surface area (Å²) in [5, 5.41) is 2.92. The topological polar surface area (TPSA) is 67.9 Å². The Hall–Kier alpha value is -2.34. The average molecular weight is 459 g/mol. The molecular formula is C27H42N2O4. The van der Waals surface area contributed by atoms with Crippen molar-refractivity contribution in [3.63, 3.8) is 0 Å². The summed E-state index contributed by atoms with van der Waals surface area (Å²) in [6.45, 7) is 9.67. The number of benzene rings is 1. The van der Waals surface area contributed by atoms with Crippen LogP contribution in [0.2, 0.25) is 0 Å². The fourth-order valence-electron chi connectivity index (χ4n) is 5.11. The molecule has 0 spiro atoms. The lowest BCUT2D eigenvalue weighted by molar-refractivity contribution is -0.145. The molecular weight excluding hydrogens is 416 g/mol. The maximum absolute atomic E-state index is 12.6. The molecule has 184 valence electrons. The van der Waals surface area contributed by atoms with Crippen molar-refractivity contribution in [2.24, 2.45) is 11.3 Å². The fourth-order valence-corrected chi connectivity index (χ4v) is 5.11. The van der Waals surface area contributed by atoms with E-state index in [1.54, 1.807) is 6.08 Å². The van der Waals surface area contributed by atoms with E-state index in [0.717, 1.165) is 45.1 Å². The Bertz CT molecular complexity index is 771. The molecule has 0 aliphatic heterocycles. The van der Waals surface area contributed by atoms with Gasteiger partial charge in [0.05, 0.1) is 6.42 Å². The molecule has 0 bridgehead atoms. The third-order valence-corrected chi connectivity index (χ3v) is 6.68. The highest BCUT2D eigenvalue weighted by Gasteiger charge is 2.35. The van der Waals surface area contributed by atoms with E-state index in [1.807, 2.05) is 18.2 Å². The van der Waals surface area contributed by atoms with E-state index in [2.05, 4.69) is 50.8 Å². The average Bonchev–Trinajstić information content (AvgIpc) is 2.77. The van der Waals surface area contributed by atoms with Gasteiger partial charge in [-0.25, -0.2) is 4.79 Å². The largest absolute Gasteiger partial charge is 0.461 e. The van der Waals surface area contributed by atoms with Crippen LogP contribution in [0, 0.1) is 11.3 Å². The molecule has 1 amide bonds. The van der Waals surface area contributed by atoms with Crippen LogP contribution in [-0.4, -0.2) is 50.8 Å². The van der Waals surface area contributed by atoms with Crippen LogP contribution in [0.15, 0.2) is 36.9 Å². The van der Waals surface area contributed by atoms with Crippen LogP contribution in [-0.2, 0) is 9.53 Å². The van der Waals surface area contributed by atoms with Gasteiger partial charge in [-0.2, -0.15) is 0 Å². The molecule has 6 nitrogen and oxygen atoms in total. The molecule has 0 heterocycles. The van der Waals surface area contributed by atoms with Gasteiger partial charge in [-0.3, -0.25) is 4.79 Å². The Labute approximate surface area is 199 Å². The molecule has 1 saturated carbocycles. The predicted molar refractivity (Wildman–Crippen MR) is 133 cm³/mol. The van der Waals surface area contributed by atoms with Gasteiger partial charge in [0.1, 0.15) is 12.4 Å². The number of esters is 1. The van der Waals surface area contributed by atoms with Crippen LogP contribution in [0.3, 0.4) is 0 Å². The summed E-state index contributed by atoms with van der Waals surface area (Å²) in [7, 11) is 4.18. The Kier molecular flexibility index (Phi) is 10.9. The lowest BCUT2D eigenvalue weighted by Crippen LogP contribution is -2.41. The van der Waals surface area contributed by atoms with E-state index in [1.165, 1.54) is 5.56 Å². The first-order valence-electron chi connectivity index (χ1n) is 12.3. The molecule has 2 atom stereocenters. The second-order valence-corrected chi connectivity index (χ2v) is 9.78. The van der Waals surface area contributed by atoms with Gasteiger partial charge in [0.15, 0.2) is 0 Å². The van der Waals surface area contributed by atoms with Crippen LogP contribution >= 0.6 is 0 Å². The van der Waals surface area contributed by atoms with Crippen molar-refractivity contribution < 1.29 is 19.1 Å². The van der Waals surface area contributed by atoms with Gasteiger partial charge in [-0.1, -0.05) is 57.9 Å². The zero-order valence-corrected chi connectivity index (χ0v) is 20.9. The molecule has 6 heteroatoms. The third-order valence-electron chi connectivity index (χ3n) is 6.68. The van der Waals surface area contributed by atoms with Gasteiger partial charge in [-0.15, -0.1) is 0 Å². The lowest BCUT2D eigenvalue weighted by atomic mass is 9.72. The normalized spacial score (nSPS) is 17.1. The van der Waals surface area contributed by atoms with Crippen LogP contribution in [0.5, 0.6) is 5.75 Å². The van der Waals surface area contributed by atoms with Gasteiger partial charge < -0.3 is 19.7 Å². The monoisotopic (exact) mass is 458 g/mol. The SMILES string of the molecule is C=CCOC(=O)CC1(CNC(=O)Oc2cccc([C@@H](CC)[C@@H](C)CN(C)C)c2)CCCCC1. The number of hydrogen-bond donors (Lipinski definition) is 1. The molecule has 0 aromatic heterocycles. The molecule has 0 unspecified atom stereocenters. The molecule has 1 fully saturated rings. The third kappa shape index (κ3) is 8.84. The minimum absolute atomic E-state index is 0.215. The van der Waals surface area contributed by atoms with Gasteiger partial charge in [0.2, 0.25) is 0 Å². The Balaban J connectivity index is 1.99. The summed E-state index contributed by atoms with van der Waals surface area (Å²) >= 11 is 0. The highest BCUT2D eigenvalue weighted by atomic mass is 16.6. The Morgan fingerprint density at radius 3 is 2.61 bits per heavy atom. The summed E-state index contributed by atoms with van der Waals surface area (Å²) in [6, 6.07) is 7.84. The van der Waals surface area contributed by atoms with Crippen LogP contribution in [0.25, 0.3) is 0 Å². The maximum atomic E-state index is 12.6. The van der Waals surface area contributed by atoms with Crippen molar-refractivity contribution in [2.45, 2.75) is 64.7 Å². The van der Waals surface area contributed by atoms with Crippen molar-refractivity contribution >= 4 is 12.1 Å². The van der Waals surface area contributed by atoms with Crippen molar-refractivity contribution in [2.75, 3.05) is 33.8 Å². The second-order valence-electron chi connectivity index (χ2n) is 9.78. The van der Waals surface area contributed by atoms with Gasteiger partial charge in [-0.05, 0) is 68.3 Å². The number of carbonyl (C=O) groups is 2. The standard InChI is InChI=1S/C27H42N2O4/c1-6-16-32-25(30)18-27(14-9-8-10-15-27)20-28-26(31)33-23-13-11-12-22(17-23)24(7-2)21(3)19-29(4)5/h6,11-13,17,21,24H,1,7-10,14-16,18-20H2,2-5H3,(H,28,31)/t21-,24-/m0/s1. The first kappa shape index (κ1) is 26.9. The van der Waals surface area contributed by atoms with E-state index in [4.69, 9.17) is 9.47 Å². The van der Waals surface area contributed by atoms with Gasteiger partial charge >= 0.3 is 12.1 Å². The van der Waals surface area contributed by atoms with Crippen LogP contribution in [0.4, 0.5) is 4.79 Å². The number of nitrogens with zero attached hydrogens (tertiary/aromatic N) is 1. The summed E-state index contributed by atoms with van der Waals surface area (Å²) < 4.78 is 10.8. The predicted octanol–water partition coefficient (Wildman–Crippen LogP) is 5.54. The number of nitrogens with one attached hydrogen (secondary N) is 1. The van der Waals surface area contributed by atoms with Gasteiger partial charge in [0.25, 0.3) is 0 Å². The number of hydrogen-bond acceptors (Lipinski definition) is 5. The van der Waals surface area contributed by atoms with Crippen molar-refractivity contribution in [1.82, 2.24) is 10.2 Å². The minimum atomic E-state index is -0.481. The zero-order chi connectivity index (χ0) is 24.3. The first-order valence-corrected chi connectivity index (χ1v) is 12.3. The molecule has 1 aromatic carbocycles. The summed E-state index contributed by atoms with van der Waals surface area (Å²) in [5.74, 6) is 1.19. The molecule has 1 aromatic rings. The lowest BCUT2D eigenvalue weighted by Gasteiger charge is -2.36. The fraction of sp³-hybridized carbons (Fsp3) is 0.630. The molecule has 0 saturated heterocycles. The smallest absolute Gasteiger partial charge is 0.412 e. The minimum Gasteiger partial charge on any atom is -0.461 e. The number of ether oxygens (including phenoxy) is 2. The summed E-state index contributed by atoms with van der Waals surface area (Å²) in [5.41, 5.74) is 0.914. The summed E-state index contributed by atoms with van der Waals surface area (Å²) in [6.07, 6.45) is 7.47. The molecule has 0 radical (unpaired) electrons. The Morgan fingerprint density at radius 1 is 1.24 bits per heavy atom. The van der Waals surface area contributed by atoms with E-state index < -0.39 is 6.09 Å². The van der Waals surface area contributed by atoms with Crippen molar-refractivity contribution in [3.05, 3.63) is 42.5 Å². The zero-order valence-electron chi connectivity index (χ0n) is 20.9. The van der Waals surface area contributed by atoms with E-state index >= 15 is 0 Å². The van der Waals surface area contributed by atoms with E-state index in [0.29, 0.717) is 30.6 Å². The number of amides is 1. The van der Waals surface area contributed by atoms with Crippen molar-refractivity contribution in [1.29, 1.82) is 0 Å². The van der Waals surface area contributed by atoms with Crippen molar-refractivity contribution in [3.8, 4) is 5.75 Å². The quantitative estimate of drug-likeness (QED) is 0.329. The molecule has 1 N–H and O–H groups in total. The van der Waals surface area contributed by atoms with Crippen LogP contribution in [0.1, 0.15) is 70.3 Å². The van der Waals surface area contributed by atoms with Crippen LogP contribution < -0.4 is 10.1 Å². The molecule has 2 rings (SSSR count). The summed E-state index contributed by atoms with van der Waals surface area (Å²) in [4.78, 5) is 27.1. The highest BCUT2D eigenvalue weighted by molar-refractivity contribution is 5.72. The first-order chi connectivity index (χ1) is 15.8.